The second kappa shape index (κ2) is 7.75. The summed E-state index contributed by atoms with van der Waals surface area (Å²) in [5, 5.41) is 2.84. The van der Waals surface area contributed by atoms with Gasteiger partial charge in [-0.3, -0.25) is 0 Å². The Morgan fingerprint density at radius 3 is 2.65 bits per heavy atom. The Morgan fingerprint density at radius 1 is 1.40 bits per heavy atom. The summed E-state index contributed by atoms with van der Waals surface area (Å²) in [7, 11) is 3.34. The number of urea groups is 1. The number of methoxy groups -OCH3 is 1. The Balaban J connectivity index is 2.53. The van der Waals surface area contributed by atoms with Crippen LogP contribution in [0.4, 0.5) is 10.5 Å². The van der Waals surface area contributed by atoms with E-state index in [0.717, 1.165) is 6.42 Å². The molecule has 0 aliphatic heterocycles. The third-order valence-corrected chi connectivity index (χ3v) is 3.35. The molecule has 1 aromatic carbocycles. The molecule has 0 saturated carbocycles. The second-order valence-electron chi connectivity index (χ2n) is 5.25. The fourth-order valence-corrected chi connectivity index (χ4v) is 1.74. The maximum Gasteiger partial charge on any atom is 0.321 e. The summed E-state index contributed by atoms with van der Waals surface area (Å²) < 4.78 is 5.20. The summed E-state index contributed by atoms with van der Waals surface area (Å²) in [6.45, 7) is 4.79. The number of nitrogens with zero attached hydrogens (tertiary/aromatic N) is 1. The quantitative estimate of drug-likeness (QED) is 0.841. The molecule has 112 valence electrons. The monoisotopic (exact) mass is 279 g/mol. The molecule has 20 heavy (non-hydrogen) atoms. The highest BCUT2D eigenvalue weighted by Gasteiger charge is 2.14. The Labute approximate surface area is 121 Å². The van der Waals surface area contributed by atoms with Crippen LogP contribution in [0.2, 0.25) is 0 Å². The summed E-state index contributed by atoms with van der Waals surface area (Å²) in [5.74, 6) is 1.06. The summed E-state index contributed by atoms with van der Waals surface area (Å²) in [6, 6.07) is 7.28. The van der Waals surface area contributed by atoms with E-state index in [1.165, 1.54) is 0 Å². The van der Waals surface area contributed by atoms with E-state index in [-0.39, 0.29) is 12.1 Å². The van der Waals surface area contributed by atoms with Crippen molar-refractivity contribution >= 4 is 11.7 Å². The van der Waals surface area contributed by atoms with Crippen molar-refractivity contribution in [2.75, 3.05) is 26.0 Å². The number of anilines is 1. The van der Waals surface area contributed by atoms with Gasteiger partial charge in [0, 0.05) is 19.6 Å². The number of para-hydroxylation sites is 2. The molecule has 0 aliphatic carbocycles. The second-order valence-corrected chi connectivity index (χ2v) is 5.25. The molecule has 1 rings (SSSR count). The van der Waals surface area contributed by atoms with Gasteiger partial charge in [0.25, 0.3) is 0 Å². The van der Waals surface area contributed by atoms with E-state index in [4.69, 9.17) is 10.5 Å². The largest absolute Gasteiger partial charge is 0.495 e. The zero-order valence-corrected chi connectivity index (χ0v) is 12.7. The number of rotatable bonds is 6. The van der Waals surface area contributed by atoms with Crippen LogP contribution in [0, 0.1) is 5.92 Å². The zero-order valence-electron chi connectivity index (χ0n) is 12.7. The number of hydrogen-bond donors (Lipinski definition) is 2. The van der Waals surface area contributed by atoms with Crippen molar-refractivity contribution in [3.63, 3.8) is 0 Å². The lowest BCUT2D eigenvalue weighted by atomic mass is 10.0. The smallest absolute Gasteiger partial charge is 0.321 e. The van der Waals surface area contributed by atoms with E-state index in [0.29, 0.717) is 23.9 Å². The number of benzene rings is 1. The molecule has 0 saturated heterocycles. The molecule has 0 aliphatic rings. The average molecular weight is 279 g/mol. The average Bonchev–Trinajstić information content (AvgIpc) is 2.44. The van der Waals surface area contributed by atoms with Crippen molar-refractivity contribution in [1.82, 2.24) is 4.90 Å². The van der Waals surface area contributed by atoms with Gasteiger partial charge in [-0.05, 0) is 24.5 Å². The fraction of sp³-hybridized carbons (Fsp3) is 0.533. The summed E-state index contributed by atoms with van der Waals surface area (Å²) in [5.41, 5.74) is 6.65. The number of hydrogen-bond acceptors (Lipinski definition) is 3. The van der Waals surface area contributed by atoms with Crippen LogP contribution in [0.3, 0.4) is 0 Å². The summed E-state index contributed by atoms with van der Waals surface area (Å²) in [4.78, 5) is 13.7. The van der Waals surface area contributed by atoms with Gasteiger partial charge in [0.15, 0.2) is 0 Å². The zero-order chi connectivity index (χ0) is 15.1. The minimum absolute atomic E-state index is 0.108. The van der Waals surface area contributed by atoms with Crippen molar-refractivity contribution < 1.29 is 9.53 Å². The molecule has 0 aromatic heterocycles. The molecule has 0 fully saturated rings. The molecule has 2 amide bonds. The van der Waals surface area contributed by atoms with E-state index in [1.54, 1.807) is 19.1 Å². The van der Waals surface area contributed by atoms with Crippen molar-refractivity contribution in [1.29, 1.82) is 0 Å². The summed E-state index contributed by atoms with van der Waals surface area (Å²) in [6.07, 6.45) is 0.785. The standard InChI is InChI=1S/C15H25N3O2/c1-11(2)12(16)9-10-18(3)15(19)17-13-7-5-6-8-14(13)20-4/h5-8,11-12H,9-10,16H2,1-4H3,(H,17,19). The van der Waals surface area contributed by atoms with E-state index in [2.05, 4.69) is 19.2 Å². The van der Waals surface area contributed by atoms with E-state index in [9.17, 15) is 4.79 Å². The first-order valence-corrected chi connectivity index (χ1v) is 6.86. The first kappa shape index (κ1) is 16.3. The highest BCUT2D eigenvalue weighted by molar-refractivity contribution is 5.90. The molecular formula is C15H25N3O2. The number of nitrogens with one attached hydrogen (secondary N) is 1. The molecule has 0 radical (unpaired) electrons. The minimum atomic E-state index is -0.162. The van der Waals surface area contributed by atoms with Crippen LogP contribution in [-0.2, 0) is 0 Å². The van der Waals surface area contributed by atoms with Crippen LogP contribution in [0.5, 0.6) is 5.75 Å². The number of carbonyl (C=O) groups is 1. The van der Waals surface area contributed by atoms with Crippen molar-refractivity contribution in [3.05, 3.63) is 24.3 Å². The molecule has 3 N–H and O–H groups in total. The third kappa shape index (κ3) is 4.74. The van der Waals surface area contributed by atoms with E-state index >= 15 is 0 Å². The molecule has 5 nitrogen and oxygen atoms in total. The molecular weight excluding hydrogens is 254 g/mol. The number of ether oxygens (including phenoxy) is 1. The van der Waals surface area contributed by atoms with Crippen LogP contribution >= 0.6 is 0 Å². The molecule has 0 spiro atoms. The topological polar surface area (TPSA) is 67.6 Å². The van der Waals surface area contributed by atoms with Gasteiger partial charge in [-0.25, -0.2) is 4.79 Å². The maximum atomic E-state index is 12.1. The Hall–Kier alpha value is -1.75. The van der Waals surface area contributed by atoms with Gasteiger partial charge in [0.2, 0.25) is 0 Å². The molecule has 5 heteroatoms. The van der Waals surface area contributed by atoms with Crippen LogP contribution in [-0.4, -0.2) is 37.7 Å². The first-order chi connectivity index (χ1) is 9.45. The van der Waals surface area contributed by atoms with Gasteiger partial charge in [0.1, 0.15) is 5.75 Å². The number of nitrogens with two attached hydrogens (primary N) is 1. The molecule has 1 unspecified atom stereocenters. The minimum Gasteiger partial charge on any atom is -0.495 e. The van der Waals surface area contributed by atoms with Gasteiger partial charge >= 0.3 is 6.03 Å². The lowest BCUT2D eigenvalue weighted by Crippen LogP contribution is -2.36. The van der Waals surface area contributed by atoms with Crippen molar-refractivity contribution in [3.8, 4) is 5.75 Å². The van der Waals surface area contributed by atoms with Crippen molar-refractivity contribution in [2.24, 2.45) is 11.7 Å². The van der Waals surface area contributed by atoms with Gasteiger partial charge in [-0.2, -0.15) is 0 Å². The SMILES string of the molecule is COc1ccccc1NC(=O)N(C)CCC(N)C(C)C. The first-order valence-electron chi connectivity index (χ1n) is 6.86. The normalized spacial score (nSPS) is 12.1. The van der Waals surface area contributed by atoms with Crippen LogP contribution < -0.4 is 15.8 Å². The van der Waals surface area contributed by atoms with E-state index in [1.807, 2.05) is 24.3 Å². The Morgan fingerprint density at radius 2 is 2.05 bits per heavy atom. The lowest BCUT2D eigenvalue weighted by molar-refractivity contribution is 0.219. The Bertz CT molecular complexity index is 435. The summed E-state index contributed by atoms with van der Waals surface area (Å²) >= 11 is 0. The van der Waals surface area contributed by atoms with Crippen LogP contribution in [0.1, 0.15) is 20.3 Å². The molecule has 0 bridgehead atoms. The van der Waals surface area contributed by atoms with Crippen LogP contribution in [0.25, 0.3) is 0 Å². The highest BCUT2D eigenvalue weighted by atomic mass is 16.5. The molecule has 1 aromatic rings. The van der Waals surface area contributed by atoms with E-state index < -0.39 is 0 Å². The van der Waals surface area contributed by atoms with Gasteiger partial charge < -0.3 is 20.7 Å². The third-order valence-electron chi connectivity index (χ3n) is 3.35. The maximum absolute atomic E-state index is 12.1. The number of amides is 2. The number of carbonyl (C=O) groups excluding carboxylic acids is 1. The van der Waals surface area contributed by atoms with Gasteiger partial charge in [-0.15, -0.1) is 0 Å². The fourth-order valence-electron chi connectivity index (χ4n) is 1.74. The lowest BCUT2D eigenvalue weighted by Gasteiger charge is -2.22. The predicted octanol–water partition coefficient (Wildman–Crippen LogP) is 2.53. The molecule has 1 atom stereocenters. The van der Waals surface area contributed by atoms with Crippen molar-refractivity contribution in [2.45, 2.75) is 26.3 Å². The van der Waals surface area contributed by atoms with Crippen LogP contribution in [0.15, 0.2) is 24.3 Å². The molecule has 0 heterocycles. The predicted molar refractivity (Wildman–Crippen MR) is 82.1 cm³/mol. The Kier molecular flexibility index (Phi) is 6.31. The van der Waals surface area contributed by atoms with Gasteiger partial charge in [-0.1, -0.05) is 26.0 Å². The van der Waals surface area contributed by atoms with Gasteiger partial charge in [0.05, 0.1) is 12.8 Å². The highest BCUT2D eigenvalue weighted by Crippen LogP contribution is 2.23.